The first kappa shape index (κ1) is 23.8. The highest BCUT2D eigenvalue weighted by molar-refractivity contribution is 6.03. The average Bonchev–Trinajstić information content (AvgIpc) is 3.20. The Morgan fingerprint density at radius 3 is 2.26 bits per heavy atom. The van der Waals surface area contributed by atoms with Gasteiger partial charge >= 0.3 is 0 Å². The quantitative estimate of drug-likeness (QED) is 0.651. The molecule has 2 aromatic carbocycles. The number of carbonyl (C=O) groups is 3. The minimum Gasteiger partial charge on any atom is -0.369 e. The van der Waals surface area contributed by atoms with Gasteiger partial charge in [0.2, 0.25) is 17.7 Å². The van der Waals surface area contributed by atoms with Crippen molar-refractivity contribution in [3.8, 4) is 0 Å². The molecule has 180 valence electrons. The van der Waals surface area contributed by atoms with E-state index < -0.39 is 17.6 Å². The number of primary amides is 1. The topological polar surface area (TPSA) is 95.7 Å². The van der Waals surface area contributed by atoms with Crippen LogP contribution >= 0.6 is 0 Å². The van der Waals surface area contributed by atoms with Gasteiger partial charge in [0.15, 0.2) is 0 Å². The number of amides is 3. The number of nitrogens with two attached hydrogens (primary N) is 1. The molecule has 0 saturated carbocycles. The highest BCUT2D eigenvalue weighted by Gasteiger charge is 2.35. The van der Waals surface area contributed by atoms with E-state index in [-0.39, 0.29) is 42.3 Å². The number of anilines is 2. The van der Waals surface area contributed by atoms with Crippen molar-refractivity contribution >= 4 is 29.1 Å². The molecule has 2 aromatic rings. The smallest absolute Gasteiger partial charge is 0.229 e. The zero-order chi connectivity index (χ0) is 24.2. The second kappa shape index (κ2) is 10.3. The van der Waals surface area contributed by atoms with Gasteiger partial charge < -0.3 is 20.9 Å². The molecule has 2 saturated heterocycles. The summed E-state index contributed by atoms with van der Waals surface area (Å²) >= 11 is 0. The lowest BCUT2D eigenvalue weighted by Crippen LogP contribution is -2.39. The number of nitrogens with one attached hydrogen (secondary N) is 1. The Hall–Kier alpha value is -3.33. The van der Waals surface area contributed by atoms with E-state index in [1.807, 2.05) is 24.3 Å². The monoisotopic (exact) mass is 470 g/mol. The minimum absolute atomic E-state index is 0.0172. The molecular formula is C25H28F2N4O3. The largest absolute Gasteiger partial charge is 0.369 e. The standard InChI is InChI=1S/C25H28F2N4O3/c26-19-12-20(27)14-22(13-19)31-15-18(11-23(31)32)25(34)29-21-3-1-16(2-4-21)5-8-30-9-6-17(7-10-30)24(28)33/h1-4,12-14,17-18H,5-11,15H2,(H2,28,33)(H,29,34). The van der Waals surface area contributed by atoms with Crippen molar-refractivity contribution in [3.05, 3.63) is 59.7 Å². The molecule has 0 aromatic heterocycles. The summed E-state index contributed by atoms with van der Waals surface area (Å²) in [5.41, 5.74) is 7.25. The van der Waals surface area contributed by atoms with Crippen molar-refractivity contribution in [1.29, 1.82) is 0 Å². The molecule has 7 nitrogen and oxygen atoms in total. The molecule has 2 aliphatic rings. The third-order valence-corrected chi connectivity index (χ3v) is 6.58. The summed E-state index contributed by atoms with van der Waals surface area (Å²) in [4.78, 5) is 39.9. The van der Waals surface area contributed by atoms with Crippen molar-refractivity contribution in [2.45, 2.75) is 25.7 Å². The van der Waals surface area contributed by atoms with Crippen LogP contribution < -0.4 is 16.0 Å². The lowest BCUT2D eigenvalue weighted by molar-refractivity contribution is -0.123. The molecule has 34 heavy (non-hydrogen) atoms. The van der Waals surface area contributed by atoms with Crippen molar-refractivity contribution in [2.75, 3.05) is 36.4 Å². The molecule has 2 fully saturated rings. The summed E-state index contributed by atoms with van der Waals surface area (Å²) in [6.07, 6.45) is 2.44. The summed E-state index contributed by atoms with van der Waals surface area (Å²) < 4.78 is 27.0. The van der Waals surface area contributed by atoms with Gasteiger partial charge in [0.05, 0.1) is 5.92 Å². The average molecular weight is 471 g/mol. The summed E-state index contributed by atoms with van der Waals surface area (Å²) in [5, 5.41) is 2.83. The predicted molar refractivity (Wildman–Crippen MR) is 124 cm³/mol. The summed E-state index contributed by atoms with van der Waals surface area (Å²) in [7, 11) is 0. The third kappa shape index (κ3) is 5.77. The van der Waals surface area contributed by atoms with Crippen LogP contribution in [0.3, 0.4) is 0 Å². The van der Waals surface area contributed by atoms with Gasteiger partial charge in [-0.3, -0.25) is 14.4 Å². The fourth-order valence-electron chi connectivity index (χ4n) is 4.56. The number of nitrogens with zero attached hydrogens (tertiary/aromatic N) is 2. The van der Waals surface area contributed by atoms with E-state index in [1.54, 1.807) is 0 Å². The van der Waals surface area contributed by atoms with Gasteiger partial charge in [-0.05, 0) is 62.2 Å². The van der Waals surface area contributed by atoms with E-state index in [2.05, 4.69) is 10.2 Å². The fourth-order valence-corrected chi connectivity index (χ4v) is 4.56. The van der Waals surface area contributed by atoms with E-state index in [9.17, 15) is 23.2 Å². The Kier molecular flexibility index (Phi) is 7.21. The molecule has 2 heterocycles. The first-order valence-corrected chi connectivity index (χ1v) is 11.5. The number of hydrogen-bond acceptors (Lipinski definition) is 4. The zero-order valence-corrected chi connectivity index (χ0v) is 18.8. The van der Waals surface area contributed by atoms with Crippen molar-refractivity contribution in [1.82, 2.24) is 4.90 Å². The highest BCUT2D eigenvalue weighted by atomic mass is 19.1. The Balaban J connectivity index is 1.27. The van der Waals surface area contributed by atoms with E-state index in [1.165, 1.54) is 4.90 Å². The van der Waals surface area contributed by atoms with E-state index in [0.717, 1.165) is 62.7 Å². The maximum atomic E-state index is 13.5. The zero-order valence-electron chi connectivity index (χ0n) is 18.8. The summed E-state index contributed by atoms with van der Waals surface area (Å²) in [5.74, 6) is -3.04. The molecule has 4 rings (SSSR count). The molecule has 3 amide bonds. The molecular weight excluding hydrogens is 442 g/mol. The van der Waals surface area contributed by atoms with Crippen LogP contribution in [-0.4, -0.2) is 48.8 Å². The molecule has 0 aliphatic carbocycles. The lowest BCUT2D eigenvalue weighted by Gasteiger charge is -2.30. The van der Waals surface area contributed by atoms with Gasteiger partial charge in [0.25, 0.3) is 0 Å². The Labute approximate surface area is 196 Å². The van der Waals surface area contributed by atoms with E-state index in [4.69, 9.17) is 5.73 Å². The molecule has 0 spiro atoms. The Morgan fingerprint density at radius 1 is 1.00 bits per heavy atom. The van der Waals surface area contributed by atoms with Crippen LogP contribution in [0.25, 0.3) is 0 Å². The predicted octanol–water partition coefficient (Wildman–Crippen LogP) is 2.70. The van der Waals surface area contributed by atoms with Crippen LogP contribution in [0.4, 0.5) is 20.2 Å². The second-order valence-electron chi connectivity index (χ2n) is 8.99. The maximum Gasteiger partial charge on any atom is 0.229 e. The number of likely N-dealkylation sites (tertiary alicyclic amines) is 1. The van der Waals surface area contributed by atoms with E-state index in [0.29, 0.717) is 5.69 Å². The second-order valence-corrected chi connectivity index (χ2v) is 8.99. The van der Waals surface area contributed by atoms with Crippen molar-refractivity contribution < 1.29 is 23.2 Å². The Bertz CT molecular complexity index is 1050. The van der Waals surface area contributed by atoms with Crippen LogP contribution in [0.15, 0.2) is 42.5 Å². The third-order valence-electron chi connectivity index (χ3n) is 6.58. The normalized spacial score (nSPS) is 19.4. The molecule has 0 bridgehead atoms. The molecule has 1 atom stereocenters. The highest BCUT2D eigenvalue weighted by Crippen LogP contribution is 2.27. The molecule has 1 unspecified atom stereocenters. The Morgan fingerprint density at radius 2 is 1.65 bits per heavy atom. The van der Waals surface area contributed by atoms with Gasteiger partial charge in [0, 0.05) is 42.9 Å². The molecule has 9 heteroatoms. The van der Waals surface area contributed by atoms with Crippen LogP contribution in [0.1, 0.15) is 24.8 Å². The summed E-state index contributed by atoms with van der Waals surface area (Å²) in [6.45, 7) is 2.68. The van der Waals surface area contributed by atoms with Gasteiger partial charge in [-0.15, -0.1) is 0 Å². The molecule has 2 aliphatic heterocycles. The van der Waals surface area contributed by atoms with Crippen molar-refractivity contribution in [3.63, 3.8) is 0 Å². The van der Waals surface area contributed by atoms with Crippen molar-refractivity contribution in [2.24, 2.45) is 17.6 Å². The van der Waals surface area contributed by atoms with Crippen LogP contribution in [0.2, 0.25) is 0 Å². The van der Waals surface area contributed by atoms with Gasteiger partial charge in [0.1, 0.15) is 11.6 Å². The van der Waals surface area contributed by atoms with Gasteiger partial charge in [-0.25, -0.2) is 8.78 Å². The number of piperidine rings is 1. The number of carbonyl (C=O) groups excluding carboxylic acids is 3. The number of halogens is 2. The lowest BCUT2D eigenvalue weighted by atomic mass is 9.96. The van der Waals surface area contributed by atoms with Crippen LogP contribution in [0, 0.1) is 23.5 Å². The number of hydrogen-bond donors (Lipinski definition) is 2. The molecule has 0 radical (unpaired) electrons. The van der Waals surface area contributed by atoms with Crippen LogP contribution in [0.5, 0.6) is 0 Å². The fraction of sp³-hybridized carbons (Fsp3) is 0.400. The molecule has 3 N–H and O–H groups in total. The summed E-state index contributed by atoms with van der Waals surface area (Å²) in [6, 6.07) is 10.5. The minimum atomic E-state index is -0.772. The SMILES string of the molecule is NC(=O)C1CCN(CCc2ccc(NC(=O)C3CC(=O)N(c4cc(F)cc(F)c4)C3)cc2)CC1. The number of rotatable bonds is 7. The first-order chi connectivity index (χ1) is 16.3. The van der Waals surface area contributed by atoms with Gasteiger partial charge in [-0.2, -0.15) is 0 Å². The number of benzene rings is 2. The first-order valence-electron chi connectivity index (χ1n) is 11.5. The maximum absolute atomic E-state index is 13.5. The van der Waals surface area contributed by atoms with Gasteiger partial charge in [-0.1, -0.05) is 12.1 Å². The van der Waals surface area contributed by atoms with Crippen LogP contribution in [-0.2, 0) is 20.8 Å². The van der Waals surface area contributed by atoms with E-state index >= 15 is 0 Å².